The molecule has 0 radical (unpaired) electrons. The van der Waals surface area contributed by atoms with E-state index in [1.807, 2.05) is 18.0 Å². The Hall–Kier alpha value is -0.900. The second-order valence-electron chi connectivity index (χ2n) is 4.64. The zero-order chi connectivity index (χ0) is 12.8. The van der Waals surface area contributed by atoms with Crippen molar-refractivity contribution in [2.45, 2.75) is 32.7 Å². The third-order valence-electron chi connectivity index (χ3n) is 3.37. The first-order chi connectivity index (χ1) is 8.83. The Kier molecular flexibility index (Phi) is 5.17. The zero-order valence-corrected chi connectivity index (χ0v) is 12.2. The van der Waals surface area contributed by atoms with Crippen molar-refractivity contribution in [3.05, 3.63) is 18.3 Å². The van der Waals surface area contributed by atoms with Gasteiger partial charge in [-0.05, 0) is 44.6 Å². The summed E-state index contributed by atoms with van der Waals surface area (Å²) in [5, 5.41) is 3.58. The van der Waals surface area contributed by atoms with E-state index in [0.29, 0.717) is 6.04 Å². The second-order valence-corrected chi connectivity index (χ2v) is 5.79. The van der Waals surface area contributed by atoms with Crippen molar-refractivity contribution in [3.63, 3.8) is 0 Å². The van der Waals surface area contributed by atoms with Crippen LogP contribution in [-0.2, 0) is 0 Å². The van der Waals surface area contributed by atoms with E-state index in [9.17, 15) is 0 Å². The van der Waals surface area contributed by atoms with Gasteiger partial charge in [-0.2, -0.15) is 11.8 Å². The van der Waals surface area contributed by atoms with E-state index in [2.05, 4.69) is 41.2 Å². The zero-order valence-electron chi connectivity index (χ0n) is 11.4. The van der Waals surface area contributed by atoms with Crippen LogP contribution in [0.3, 0.4) is 0 Å². The van der Waals surface area contributed by atoms with E-state index in [1.54, 1.807) is 0 Å². The number of pyridine rings is 1. The molecule has 1 aliphatic heterocycles. The molecule has 1 N–H and O–H groups in total. The van der Waals surface area contributed by atoms with E-state index >= 15 is 0 Å². The summed E-state index contributed by atoms with van der Waals surface area (Å²) in [6.07, 6.45) is 4.57. The molecule has 0 spiro atoms. The highest BCUT2D eigenvalue weighted by molar-refractivity contribution is 7.99. The maximum atomic E-state index is 4.54. The fourth-order valence-corrected chi connectivity index (χ4v) is 3.37. The van der Waals surface area contributed by atoms with E-state index in [4.69, 9.17) is 0 Å². The molecule has 4 heteroatoms. The fraction of sp³-hybridized carbons (Fsp3) is 0.643. The lowest BCUT2D eigenvalue weighted by atomic mass is 10.2. The van der Waals surface area contributed by atoms with Crippen molar-refractivity contribution in [1.82, 2.24) is 4.98 Å². The molecule has 0 aromatic carbocycles. The van der Waals surface area contributed by atoms with E-state index in [-0.39, 0.29) is 0 Å². The lowest BCUT2D eigenvalue weighted by Crippen LogP contribution is -2.26. The van der Waals surface area contributed by atoms with Crippen molar-refractivity contribution in [3.8, 4) is 0 Å². The van der Waals surface area contributed by atoms with E-state index < -0.39 is 0 Å². The van der Waals surface area contributed by atoms with Gasteiger partial charge in [0, 0.05) is 24.9 Å². The van der Waals surface area contributed by atoms with Gasteiger partial charge in [-0.3, -0.25) is 0 Å². The minimum absolute atomic E-state index is 0.616. The molecule has 1 aromatic rings. The molecule has 0 aliphatic carbocycles. The predicted molar refractivity (Wildman–Crippen MR) is 81.8 cm³/mol. The Morgan fingerprint density at radius 2 is 2.22 bits per heavy atom. The molecular formula is C14H23N3S. The number of hydrogen-bond acceptors (Lipinski definition) is 4. The number of rotatable bonds is 5. The monoisotopic (exact) mass is 265 g/mol. The van der Waals surface area contributed by atoms with E-state index in [1.165, 1.54) is 24.3 Å². The van der Waals surface area contributed by atoms with Crippen molar-refractivity contribution in [2.24, 2.45) is 0 Å². The minimum atomic E-state index is 0.616. The quantitative estimate of drug-likeness (QED) is 0.884. The van der Waals surface area contributed by atoms with Crippen LogP contribution in [0.4, 0.5) is 11.5 Å². The predicted octanol–water partition coefficient (Wildman–Crippen LogP) is 3.24. The summed E-state index contributed by atoms with van der Waals surface area (Å²) in [6.45, 7) is 6.35. The molecule has 2 rings (SSSR count). The van der Waals surface area contributed by atoms with E-state index in [0.717, 1.165) is 24.6 Å². The molecule has 1 fully saturated rings. The first-order valence-electron chi connectivity index (χ1n) is 6.88. The van der Waals surface area contributed by atoms with Gasteiger partial charge in [-0.25, -0.2) is 4.98 Å². The third-order valence-corrected chi connectivity index (χ3v) is 4.58. The topological polar surface area (TPSA) is 28.2 Å². The second kappa shape index (κ2) is 6.88. The average molecular weight is 265 g/mol. The highest BCUT2D eigenvalue weighted by Gasteiger charge is 2.13. The summed E-state index contributed by atoms with van der Waals surface area (Å²) < 4.78 is 0. The average Bonchev–Trinajstić information content (AvgIpc) is 2.43. The highest BCUT2D eigenvalue weighted by Crippen LogP contribution is 2.21. The maximum Gasteiger partial charge on any atom is 0.128 e. The van der Waals surface area contributed by atoms with Crippen molar-refractivity contribution < 1.29 is 0 Å². The standard InChI is InChI=1S/C14H23N3S/c1-3-17(4-2)14-8-7-12(10-15-14)16-13-6-5-9-18-11-13/h7-8,10,13,16H,3-6,9,11H2,1-2H3. The van der Waals surface area contributed by atoms with Crippen molar-refractivity contribution in [1.29, 1.82) is 0 Å². The Labute approximate surface area is 114 Å². The SMILES string of the molecule is CCN(CC)c1ccc(NC2CCCSC2)cn1. The lowest BCUT2D eigenvalue weighted by molar-refractivity contribution is 0.685. The third kappa shape index (κ3) is 3.55. The summed E-state index contributed by atoms with van der Waals surface area (Å²) in [5.41, 5.74) is 1.15. The molecule has 100 valence electrons. The largest absolute Gasteiger partial charge is 0.380 e. The molecule has 1 aromatic heterocycles. The summed E-state index contributed by atoms with van der Waals surface area (Å²) in [7, 11) is 0. The van der Waals surface area contributed by atoms with Crippen LogP contribution in [-0.4, -0.2) is 35.6 Å². The molecule has 2 heterocycles. The van der Waals surface area contributed by atoms with Gasteiger partial charge in [0.2, 0.25) is 0 Å². The summed E-state index contributed by atoms with van der Waals surface area (Å²) in [4.78, 5) is 6.81. The number of hydrogen-bond donors (Lipinski definition) is 1. The molecule has 0 bridgehead atoms. The van der Waals surface area contributed by atoms with Crippen molar-refractivity contribution >= 4 is 23.3 Å². The Morgan fingerprint density at radius 1 is 1.39 bits per heavy atom. The first-order valence-corrected chi connectivity index (χ1v) is 8.04. The van der Waals surface area contributed by atoms with Gasteiger partial charge in [0.05, 0.1) is 11.9 Å². The van der Waals surface area contributed by atoms with Gasteiger partial charge in [0.1, 0.15) is 5.82 Å². The minimum Gasteiger partial charge on any atom is -0.380 e. The summed E-state index contributed by atoms with van der Waals surface area (Å²) in [6, 6.07) is 4.88. The smallest absolute Gasteiger partial charge is 0.128 e. The Balaban J connectivity index is 1.94. The number of nitrogens with zero attached hydrogens (tertiary/aromatic N) is 2. The first kappa shape index (κ1) is 13.5. The molecule has 1 atom stereocenters. The van der Waals surface area contributed by atoms with Crippen LogP contribution >= 0.6 is 11.8 Å². The number of anilines is 2. The van der Waals surface area contributed by atoms with Gasteiger partial charge in [-0.1, -0.05) is 0 Å². The maximum absolute atomic E-state index is 4.54. The van der Waals surface area contributed by atoms with Crippen LogP contribution in [0.5, 0.6) is 0 Å². The molecule has 3 nitrogen and oxygen atoms in total. The summed E-state index contributed by atoms with van der Waals surface area (Å²) >= 11 is 2.05. The molecule has 0 saturated carbocycles. The van der Waals surface area contributed by atoms with Crippen LogP contribution in [0.2, 0.25) is 0 Å². The van der Waals surface area contributed by atoms with Crippen LogP contribution < -0.4 is 10.2 Å². The number of nitrogens with one attached hydrogen (secondary N) is 1. The lowest BCUT2D eigenvalue weighted by Gasteiger charge is -2.24. The molecule has 1 unspecified atom stereocenters. The Bertz CT molecular complexity index is 343. The van der Waals surface area contributed by atoms with Crippen LogP contribution in [0.1, 0.15) is 26.7 Å². The number of thioether (sulfide) groups is 1. The molecule has 1 saturated heterocycles. The molecule has 18 heavy (non-hydrogen) atoms. The van der Waals surface area contributed by atoms with Crippen LogP contribution in [0.15, 0.2) is 18.3 Å². The fourth-order valence-electron chi connectivity index (χ4n) is 2.30. The van der Waals surface area contributed by atoms with Gasteiger partial charge in [0.15, 0.2) is 0 Å². The van der Waals surface area contributed by atoms with Crippen molar-refractivity contribution in [2.75, 3.05) is 34.8 Å². The summed E-state index contributed by atoms with van der Waals surface area (Å²) in [5.74, 6) is 3.61. The van der Waals surface area contributed by atoms with Crippen LogP contribution in [0, 0.1) is 0 Å². The van der Waals surface area contributed by atoms with Gasteiger partial charge in [0.25, 0.3) is 0 Å². The molecular weight excluding hydrogens is 242 g/mol. The highest BCUT2D eigenvalue weighted by atomic mass is 32.2. The molecule has 1 aliphatic rings. The molecule has 0 amide bonds. The van der Waals surface area contributed by atoms with Gasteiger partial charge < -0.3 is 10.2 Å². The van der Waals surface area contributed by atoms with Gasteiger partial charge in [-0.15, -0.1) is 0 Å². The normalized spacial score (nSPS) is 19.6. The van der Waals surface area contributed by atoms with Crippen LogP contribution in [0.25, 0.3) is 0 Å². The number of aromatic nitrogens is 1. The van der Waals surface area contributed by atoms with Gasteiger partial charge >= 0.3 is 0 Å². The Morgan fingerprint density at radius 3 is 2.78 bits per heavy atom.